The molecular formula is C18H13NOS. The first-order valence-electron chi connectivity index (χ1n) is 6.56. The molecule has 0 saturated heterocycles. The first kappa shape index (κ1) is 13.5. The fourth-order valence-electron chi connectivity index (χ4n) is 2.28. The van der Waals surface area contributed by atoms with Crippen LogP contribution in [0.3, 0.4) is 0 Å². The van der Waals surface area contributed by atoms with Gasteiger partial charge in [0.15, 0.2) is 0 Å². The normalized spacial score (nSPS) is 10.3. The first-order chi connectivity index (χ1) is 10.3. The second kappa shape index (κ2) is 5.90. The van der Waals surface area contributed by atoms with Crippen molar-refractivity contribution in [3.05, 3.63) is 66.2 Å². The number of para-hydroxylation sites is 1. The second-order valence-corrected chi connectivity index (χ2v) is 5.61. The average Bonchev–Trinajstić information content (AvgIpc) is 2.55. The zero-order chi connectivity index (χ0) is 14.7. The molecule has 0 radical (unpaired) electrons. The van der Waals surface area contributed by atoms with E-state index in [0.717, 1.165) is 26.3 Å². The van der Waals surface area contributed by atoms with Crippen molar-refractivity contribution in [2.24, 2.45) is 0 Å². The van der Waals surface area contributed by atoms with Gasteiger partial charge in [-0.05, 0) is 29.7 Å². The smallest absolute Gasteiger partial charge is 0.132 e. The number of methoxy groups -OCH3 is 1. The van der Waals surface area contributed by atoms with E-state index in [2.05, 4.69) is 6.07 Å². The molecule has 3 rings (SSSR count). The first-order valence-corrected chi connectivity index (χ1v) is 7.38. The molecule has 102 valence electrons. The van der Waals surface area contributed by atoms with Crippen molar-refractivity contribution in [3.63, 3.8) is 0 Å². The van der Waals surface area contributed by atoms with Crippen molar-refractivity contribution < 1.29 is 4.74 Å². The maximum atomic E-state index is 9.22. The number of nitriles is 1. The van der Waals surface area contributed by atoms with E-state index in [1.165, 1.54) is 0 Å². The van der Waals surface area contributed by atoms with Crippen LogP contribution in [-0.2, 0) is 0 Å². The summed E-state index contributed by atoms with van der Waals surface area (Å²) in [5, 5.41) is 11.3. The number of hydrogen-bond donors (Lipinski definition) is 0. The highest BCUT2D eigenvalue weighted by Crippen LogP contribution is 2.38. The average molecular weight is 291 g/mol. The lowest BCUT2D eigenvalue weighted by molar-refractivity contribution is 0.405. The molecule has 0 aliphatic heterocycles. The highest BCUT2D eigenvalue weighted by atomic mass is 32.2. The summed E-state index contributed by atoms with van der Waals surface area (Å²) in [6, 6.07) is 22.1. The second-order valence-electron chi connectivity index (χ2n) is 4.52. The maximum Gasteiger partial charge on any atom is 0.132 e. The van der Waals surface area contributed by atoms with Gasteiger partial charge in [-0.3, -0.25) is 0 Å². The number of benzene rings is 3. The van der Waals surface area contributed by atoms with Crippen LogP contribution in [0.2, 0.25) is 0 Å². The number of nitrogens with zero attached hydrogens (tertiary/aromatic N) is 1. The van der Waals surface area contributed by atoms with Crippen molar-refractivity contribution >= 4 is 22.5 Å². The number of hydrogen-bond acceptors (Lipinski definition) is 3. The van der Waals surface area contributed by atoms with Gasteiger partial charge in [0.1, 0.15) is 5.75 Å². The van der Waals surface area contributed by atoms with Gasteiger partial charge in [0.05, 0.1) is 23.6 Å². The van der Waals surface area contributed by atoms with Crippen molar-refractivity contribution in [2.75, 3.05) is 7.11 Å². The van der Waals surface area contributed by atoms with Crippen LogP contribution in [-0.4, -0.2) is 7.11 Å². The SMILES string of the molecule is COc1ccccc1Sc1ccc(C#N)c2ccccc12. The lowest BCUT2D eigenvalue weighted by atomic mass is 10.1. The van der Waals surface area contributed by atoms with Crippen LogP contribution in [0, 0.1) is 11.3 Å². The quantitative estimate of drug-likeness (QED) is 0.690. The Hall–Kier alpha value is -2.44. The van der Waals surface area contributed by atoms with E-state index in [1.807, 2.05) is 60.7 Å². The van der Waals surface area contributed by atoms with E-state index < -0.39 is 0 Å². The van der Waals surface area contributed by atoms with Crippen molar-refractivity contribution in [3.8, 4) is 11.8 Å². The summed E-state index contributed by atoms with van der Waals surface area (Å²) in [4.78, 5) is 2.18. The highest BCUT2D eigenvalue weighted by Gasteiger charge is 2.09. The zero-order valence-corrected chi connectivity index (χ0v) is 12.4. The summed E-state index contributed by atoms with van der Waals surface area (Å²) in [5.41, 5.74) is 0.704. The molecule has 0 saturated carbocycles. The topological polar surface area (TPSA) is 33.0 Å². The van der Waals surface area contributed by atoms with Crippen LogP contribution in [0.25, 0.3) is 10.8 Å². The predicted octanol–water partition coefficient (Wildman–Crippen LogP) is 4.87. The monoisotopic (exact) mass is 291 g/mol. The van der Waals surface area contributed by atoms with Crippen molar-refractivity contribution in [1.82, 2.24) is 0 Å². The molecule has 0 N–H and O–H groups in total. The minimum atomic E-state index is 0.704. The lowest BCUT2D eigenvalue weighted by Crippen LogP contribution is -1.87. The maximum absolute atomic E-state index is 9.22. The Labute approximate surface area is 128 Å². The van der Waals surface area contributed by atoms with E-state index >= 15 is 0 Å². The summed E-state index contributed by atoms with van der Waals surface area (Å²) in [7, 11) is 1.68. The largest absolute Gasteiger partial charge is 0.496 e. The molecule has 2 nitrogen and oxygen atoms in total. The van der Waals surface area contributed by atoms with Crippen LogP contribution in [0.1, 0.15) is 5.56 Å². The van der Waals surface area contributed by atoms with Crippen LogP contribution < -0.4 is 4.74 Å². The standard InChI is InChI=1S/C18H13NOS/c1-20-16-8-4-5-9-18(16)21-17-11-10-13(12-19)14-6-2-3-7-15(14)17/h2-11H,1H3. The number of fused-ring (bicyclic) bond motifs is 1. The fraction of sp³-hybridized carbons (Fsp3) is 0.0556. The Morgan fingerprint density at radius 2 is 1.57 bits per heavy atom. The molecule has 0 heterocycles. The van der Waals surface area contributed by atoms with Gasteiger partial charge < -0.3 is 4.74 Å². The third-order valence-electron chi connectivity index (χ3n) is 3.29. The summed E-state index contributed by atoms with van der Waals surface area (Å²) < 4.78 is 5.40. The van der Waals surface area contributed by atoms with Crippen molar-refractivity contribution in [2.45, 2.75) is 9.79 Å². The molecule has 0 aliphatic carbocycles. The summed E-state index contributed by atoms with van der Waals surface area (Å²) in [5.74, 6) is 0.857. The fourth-order valence-corrected chi connectivity index (χ4v) is 3.34. The van der Waals surface area contributed by atoms with Gasteiger partial charge in [-0.15, -0.1) is 0 Å². The van der Waals surface area contributed by atoms with Gasteiger partial charge in [-0.25, -0.2) is 0 Å². The molecule has 0 aromatic heterocycles. The van der Waals surface area contributed by atoms with Gasteiger partial charge in [-0.2, -0.15) is 5.26 Å². The van der Waals surface area contributed by atoms with E-state index in [0.29, 0.717) is 5.56 Å². The molecule has 0 spiro atoms. The molecule has 0 atom stereocenters. The van der Waals surface area contributed by atoms with Crippen LogP contribution >= 0.6 is 11.8 Å². The Morgan fingerprint density at radius 3 is 2.33 bits per heavy atom. The molecule has 0 aliphatic rings. The van der Waals surface area contributed by atoms with Gasteiger partial charge in [-0.1, -0.05) is 48.2 Å². The Balaban J connectivity index is 2.12. The van der Waals surface area contributed by atoms with Crippen LogP contribution in [0.5, 0.6) is 5.75 Å². The number of rotatable bonds is 3. The number of ether oxygens (including phenoxy) is 1. The van der Waals surface area contributed by atoms with Gasteiger partial charge >= 0.3 is 0 Å². The van der Waals surface area contributed by atoms with E-state index in [4.69, 9.17) is 4.74 Å². The Kier molecular flexibility index (Phi) is 3.81. The molecule has 0 amide bonds. The lowest BCUT2D eigenvalue weighted by Gasteiger charge is -2.10. The third-order valence-corrected chi connectivity index (χ3v) is 4.43. The van der Waals surface area contributed by atoms with Gasteiger partial charge in [0.2, 0.25) is 0 Å². The molecule has 0 fully saturated rings. The van der Waals surface area contributed by atoms with E-state index in [1.54, 1.807) is 18.9 Å². The van der Waals surface area contributed by atoms with Crippen LogP contribution in [0.4, 0.5) is 0 Å². The molecular weight excluding hydrogens is 278 g/mol. The minimum Gasteiger partial charge on any atom is -0.496 e. The van der Waals surface area contributed by atoms with Crippen LogP contribution in [0.15, 0.2) is 70.5 Å². The predicted molar refractivity (Wildman–Crippen MR) is 85.8 cm³/mol. The van der Waals surface area contributed by atoms with Gasteiger partial charge in [0.25, 0.3) is 0 Å². The highest BCUT2D eigenvalue weighted by molar-refractivity contribution is 7.99. The molecule has 3 heteroatoms. The summed E-state index contributed by atoms with van der Waals surface area (Å²) in [6.45, 7) is 0. The Morgan fingerprint density at radius 1 is 0.857 bits per heavy atom. The van der Waals surface area contributed by atoms with E-state index in [9.17, 15) is 5.26 Å². The third kappa shape index (κ3) is 2.58. The van der Waals surface area contributed by atoms with E-state index in [-0.39, 0.29) is 0 Å². The molecule has 0 bridgehead atoms. The molecule has 3 aromatic rings. The van der Waals surface area contributed by atoms with Gasteiger partial charge in [0, 0.05) is 10.3 Å². The van der Waals surface area contributed by atoms with Crippen molar-refractivity contribution in [1.29, 1.82) is 5.26 Å². The zero-order valence-electron chi connectivity index (χ0n) is 11.5. The summed E-state index contributed by atoms with van der Waals surface area (Å²) >= 11 is 1.65. The Bertz CT molecular complexity index is 836. The summed E-state index contributed by atoms with van der Waals surface area (Å²) in [6.07, 6.45) is 0. The molecule has 21 heavy (non-hydrogen) atoms. The molecule has 0 unspecified atom stereocenters. The molecule has 3 aromatic carbocycles. The minimum absolute atomic E-state index is 0.704.